The van der Waals surface area contributed by atoms with Crippen molar-refractivity contribution in [3.8, 4) is 0 Å². The van der Waals surface area contributed by atoms with E-state index in [0.717, 1.165) is 30.6 Å². The first-order valence-corrected chi connectivity index (χ1v) is 8.09. The monoisotopic (exact) mass is 291 g/mol. The van der Waals surface area contributed by atoms with E-state index in [1.54, 1.807) is 12.1 Å². The van der Waals surface area contributed by atoms with Gasteiger partial charge in [-0.2, -0.15) is 0 Å². The second kappa shape index (κ2) is 6.42. The van der Waals surface area contributed by atoms with Gasteiger partial charge in [0.2, 0.25) is 0 Å². The first-order chi connectivity index (χ1) is 10.2. The summed E-state index contributed by atoms with van der Waals surface area (Å²) in [7, 11) is 2.26. The summed E-state index contributed by atoms with van der Waals surface area (Å²) in [6, 6.07) is 7.80. The van der Waals surface area contributed by atoms with E-state index >= 15 is 0 Å². The molecule has 2 fully saturated rings. The van der Waals surface area contributed by atoms with E-state index in [-0.39, 0.29) is 11.9 Å². The third-order valence-electron chi connectivity index (χ3n) is 5.30. The zero-order chi connectivity index (χ0) is 14.8. The summed E-state index contributed by atoms with van der Waals surface area (Å²) in [5, 5.41) is 0. The van der Waals surface area contributed by atoms with E-state index in [1.165, 1.54) is 25.8 Å². The molecule has 2 saturated heterocycles. The van der Waals surface area contributed by atoms with Crippen molar-refractivity contribution in [1.82, 2.24) is 9.80 Å². The quantitative estimate of drug-likeness (QED) is 0.927. The maximum atomic E-state index is 13.1. The minimum atomic E-state index is -0.179. The van der Waals surface area contributed by atoms with Crippen LogP contribution in [0.5, 0.6) is 0 Å². The molecule has 3 nitrogen and oxygen atoms in total. The van der Waals surface area contributed by atoms with Gasteiger partial charge in [0.05, 0.1) is 0 Å². The van der Waals surface area contributed by atoms with Crippen LogP contribution in [0.15, 0.2) is 24.3 Å². The van der Waals surface area contributed by atoms with Crippen LogP contribution in [0, 0.1) is 11.7 Å². The van der Waals surface area contributed by atoms with Crippen molar-refractivity contribution in [3.63, 3.8) is 0 Å². The summed E-state index contributed by atoms with van der Waals surface area (Å²) < 4.78 is 13.1. The van der Waals surface area contributed by atoms with Crippen LogP contribution in [0.2, 0.25) is 0 Å². The largest absolute Gasteiger partial charge is 0.329 e. The lowest BCUT2D eigenvalue weighted by Crippen LogP contribution is -2.53. The SMILES string of the molecule is CN1CCCC2CN(C(CN)c3ccc(F)cc3)CCC21. The molecule has 116 valence electrons. The summed E-state index contributed by atoms with van der Waals surface area (Å²) in [4.78, 5) is 5.04. The second-order valence-corrected chi connectivity index (χ2v) is 6.54. The number of likely N-dealkylation sites (tertiary alicyclic amines) is 2. The minimum absolute atomic E-state index is 0.179. The van der Waals surface area contributed by atoms with E-state index in [9.17, 15) is 4.39 Å². The van der Waals surface area contributed by atoms with Gasteiger partial charge >= 0.3 is 0 Å². The number of halogens is 1. The maximum absolute atomic E-state index is 13.1. The van der Waals surface area contributed by atoms with Crippen LogP contribution in [0.4, 0.5) is 4.39 Å². The lowest BCUT2D eigenvalue weighted by Gasteiger charge is -2.48. The normalized spacial score (nSPS) is 29.1. The molecule has 2 aliphatic heterocycles. The van der Waals surface area contributed by atoms with E-state index in [1.807, 2.05) is 12.1 Å². The number of piperidine rings is 2. The molecule has 21 heavy (non-hydrogen) atoms. The van der Waals surface area contributed by atoms with E-state index in [0.29, 0.717) is 6.54 Å². The molecular weight excluding hydrogens is 265 g/mol. The molecule has 3 rings (SSSR count). The van der Waals surface area contributed by atoms with Crippen LogP contribution in [-0.4, -0.2) is 49.1 Å². The Morgan fingerprint density at radius 2 is 2.00 bits per heavy atom. The van der Waals surface area contributed by atoms with Gasteiger partial charge in [-0.25, -0.2) is 4.39 Å². The minimum Gasteiger partial charge on any atom is -0.329 e. The number of hydrogen-bond acceptors (Lipinski definition) is 3. The lowest BCUT2D eigenvalue weighted by atomic mass is 9.83. The fourth-order valence-corrected chi connectivity index (χ4v) is 4.14. The van der Waals surface area contributed by atoms with Crippen molar-refractivity contribution in [2.45, 2.75) is 31.3 Å². The molecule has 3 atom stereocenters. The number of hydrogen-bond donors (Lipinski definition) is 1. The third-order valence-corrected chi connectivity index (χ3v) is 5.30. The Balaban J connectivity index is 1.72. The summed E-state index contributed by atoms with van der Waals surface area (Å²) in [6.07, 6.45) is 3.85. The Kier molecular flexibility index (Phi) is 4.57. The highest BCUT2D eigenvalue weighted by atomic mass is 19.1. The molecule has 1 aromatic carbocycles. The number of fused-ring (bicyclic) bond motifs is 1. The van der Waals surface area contributed by atoms with E-state index in [4.69, 9.17) is 5.73 Å². The Morgan fingerprint density at radius 3 is 2.71 bits per heavy atom. The topological polar surface area (TPSA) is 32.5 Å². The first kappa shape index (κ1) is 14.9. The molecule has 0 saturated carbocycles. The van der Waals surface area contributed by atoms with Crippen LogP contribution < -0.4 is 5.73 Å². The van der Waals surface area contributed by atoms with Gasteiger partial charge in [-0.05, 0) is 56.5 Å². The summed E-state index contributed by atoms with van der Waals surface area (Å²) >= 11 is 0. The first-order valence-electron chi connectivity index (χ1n) is 8.09. The molecule has 3 unspecified atom stereocenters. The van der Waals surface area contributed by atoms with Gasteiger partial charge in [-0.1, -0.05) is 12.1 Å². The molecule has 2 heterocycles. The fraction of sp³-hybridized carbons (Fsp3) is 0.647. The summed E-state index contributed by atoms with van der Waals surface area (Å²) in [5.74, 6) is 0.578. The Hall–Kier alpha value is -0.970. The summed E-state index contributed by atoms with van der Waals surface area (Å²) in [6.45, 7) is 4.04. The maximum Gasteiger partial charge on any atom is 0.123 e. The molecule has 0 amide bonds. The average molecular weight is 291 g/mol. The zero-order valence-corrected chi connectivity index (χ0v) is 12.8. The van der Waals surface area contributed by atoms with Crippen LogP contribution in [-0.2, 0) is 0 Å². The van der Waals surface area contributed by atoms with Crippen molar-refractivity contribution in [1.29, 1.82) is 0 Å². The highest BCUT2D eigenvalue weighted by molar-refractivity contribution is 5.20. The molecule has 0 spiro atoms. The highest BCUT2D eigenvalue weighted by Crippen LogP contribution is 2.33. The average Bonchev–Trinajstić information content (AvgIpc) is 2.50. The number of benzene rings is 1. The Morgan fingerprint density at radius 1 is 1.24 bits per heavy atom. The van der Waals surface area contributed by atoms with Gasteiger partial charge in [0.25, 0.3) is 0 Å². The third kappa shape index (κ3) is 3.12. The lowest BCUT2D eigenvalue weighted by molar-refractivity contribution is 0.0211. The zero-order valence-electron chi connectivity index (χ0n) is 12.8. The van der Waals surface area contributed by atoms with Crippen molar-refractivity contribution in [3.05, 3.63) is 35.6 Å². The number of rotatable bonds is 3. The fourth-order valence-electron chi connectivity index (χ4n) is 4.14. The van der Waals surface area contributed by atoms with Crippen LogP contribution >= 0.6 is 0 Å². The van der Waals surface area contributed by atoms with Crippen LogP contribution in [0.25, 0.3) is 0 Å². The molecule has 0 aliphatic carbocycles. The van der Waals surface area contributed by atoms with Gasteiger partial charge < -0.3 is 10.6 Å². The smallest absolute Gasteiger partial charge is 0.123 e. The van der Waals surface area contributed by atoms with E-state index in [2.05, 4.69) is 16.8 Å². The predicted molar refractivity (Wildman–Crippen MR) is 83.5 cm³/mol. The molecular formula is C17H26FN3. The molecule has 1 aromatic rings. The van der Waals surface area contributed by atoms with Crippen molar-refractivity contribution in [2.24, 2.45) is 11.7 Å². The van der Waals surface area contributed by atoms with Crippen molar-refractivity contribution in [2.75, 3.05) is 33.2 Å². The molecule has 4 heteroatoms. The van der Waals surface area contributed by atoms with Gasteiger partial charge in [0.15, 0.2) is 0 Å². The molecule has 0 bridgehead atoms. The van der Waals surface area contributed by atoms with Crippen LogP contribution in [0.1, 0.15) is 30.9 Å². The van der Waals surface area contributed by atoms with Crippen LogP contribution in [0.3, 0.4) is 0 Å². The Bertz CT molecular complexity index is 462. The second-order valence-electron chi connectivity index (χ2n) is 6.54. The predicted octanol–water partition coefficient (Wildman–Crippen LogP) is 2.24. The highest BCUT2D eigenvalue weighted by Gasteiger charge is 2.36. The van der Waals surface area contributed by atoms with E-state index < -0.39 is 0 Å². The van der Waals surface area contributed by atoms with Gasteiger partial charge in [0.1, 0.15) is 5.82 Å². The van der Waals surface area contributed by atoms with Crippen molar-refractivity contribution < 1.29 is 4.39 Å². The standard InChI is InChI=1S/C17H26FN3/c1-20-9-2-3-14-12-21(10-8-16(14)20)17(11-19)13-4-6-15(18)7-5-13/h4-7,14,16-17H,2-3,8-12,19H2,1H3. The van der Waals surface area contributed by atoms with Gasteiger partial charge in [-0.3, -0.25) is 4.90 Å². The molecule has 2 N–H and O–H groups in total. The number of nitrogens with zero attached hydrogens (tertiary/aromatic N) is 2. The molecule has 0 radical (unpaired) electrons. The molecule has 0 aromatic heterocycles. The van der Waals surface area contributed by atoms with Gasteiger partial charge in [0, 0.05) is 31.7 Å². The summed E-state index contributed by atoms with van der Waals surface area (Å²) in [5.41, 5.74) is 7.16. The van der Waals surface area contributed by atoms with Crippen molar-refractivity contribution >= 4 is 0 Å². The number of nitrogens with two attached hydrogens (primary N) is 1. The van der Waals surface area contributed by atoms with Gasteiger partial charge in [-0.15, -0.1) is 0 Å². The Labute approximate surface area is 126 Å². The molecule has 2 aliphatic rings.